The quantitative estimate of drug-likeness (QED) is 0.838. The minimum Gasteiger partial charge on any atom is -0.309 e. The van der Waals surface area contributed by atoms with Crippen molar-refractivity contribution in [2.24, 2.45) is 5.41 Å². The van der Waals surface area contributed by atoms with Crippen molar-refractivity contribution in [3.63, 3.8) is 0 Å². The Balaban J connectivity index is 3.08. The molecule has 2 heteroatoms. The summed E-state index contributed by atoms with van der Waals surface area (Å²) in [6.45, 7) is 12.3. The molecule has 0 spiro atoms. The van der Waals surface area contributed by atoms with Gasteiger partial charge < -0.3 is 5.32 Å². The van der Waals surface area contributed by atoms with Crippen molar-refractivity contribution in [3.05, 3.63) is 33.8 Å². The van der Waals surface area contributed by atoms with Crippen LogP contribution in [0.15, 0.2) is 22.7 Å². The van der Waals surface area contributed by atoms with Gasteiger partial charge in [0.1, 0.15) is 0 Å². The summed E-state index contributed by atoms with van der Waals surface area (Å²) in [6.07, 6.45) is 1.16. The number of aryl methyl sites for hydroxylation is 1. The van der Waals surface area contributed by atoms with Crippen molar-refractivity contribution in [1.29, 1.82) is 0 Å². The van der Waals surface area contributed by atoms with E-state index in [4.69, 9.17) is 0 Å². The van der Waals surface area contributed by atoms with E-state index in [-0.39, 0.29) is 5.41 Å². The third-order valence-corrected chi connectivity index (χ3v) is 3.65. The second kappa shape index (κ2) is 6.01. The summed E-state index contributed by atoms with van der Waals surface area (Å²) >= 11 is 3.68. The minimum absolute atomic E-state index is 0.214. The predicted octanol–water partition coefficient (Wildman–Crippen LogP) is 4.84. The van der Waals surface area contributed by atoms with Crippen LogP contribution in [0.25, 0.3) is 0 Å². The maximum atomic E-state index is 3.68. The number of hydrogen-bond donors (Lipinski definition) is 1. The summed E-state index contributed by atoms with van der Waals surface area (Å²) in [6, 6.07) is 6.96. The molecule has 1 nitrogen and oxygen atoms in total. The monoisotopic (exact) mass is 297 g/mol. The molecule has 1 unspecified atom stereocenters. The van der Waals surface area contributed by atoms with Gasteiger partial charge in [0.25, 0.3) is 0 Å². The van der Waals surface area contributed by atoms with Gasteiger partial charge in [-0.15, -0.1) is 0 Å². The molecule has 0 aromatic heterocycles. The van der Waals surface area contributed by atoms with Crippen LogP contribution in [0.2, 0.25) is 0 Å². The van der Waals surface area contributed by atoms with Crippen molar-refractivity contribution in [2.45, 2.75) is 47.1 Å². The molecule has 96 valence electrons. The normalized spacial score (nSPS) is 13.8. The first-order valence-electron chi connectivity index (χ1n) is 6.35. The Bertz CT molecular complexity index is 366. The van der Waals surface area contributed by atoms with Crippen molar-refractivity contribution < 1.29 is 0 Å². The highest BCUT2D eigenvalue weighted by molar-refractivity contribution is 9.10. The molecule has 0 aliphatic carbocycles. The van der Waals surface area contributed by atoms with Crippen LogP contribution in [-0.4, -0.2) is 6.54 Å². The van der Waals surface area contributed by atoms with E-state index >= 15 is 0 Å². The lowest BCUT2D eigenvalue weighted by atomic mass is 9.82. The lowest BCUT2D eigenvalue weighted by Gasteiger charge is -2.33. The summed E-state index contributed by atoms with van der Waals surface area (Å²) in [5.74, 6) is 0. The maximum absolute atomic E-state index is 3.68. The number of rotatable bonds is 4. The Morgan fingerprint density at radius 3 is 2.47 bits per heavy atom. The fourth-order valence-electron chi connectivity index (χ4n) is 2.06. The molecule has 0 amide bonds. The summed E-state index contributed by atoms with van der Waals surface area (Å²) in [5.41, 5.74) is 2.90. The summed E-state index contributed by atoms with van der Waals surface area (Å²) in [5, 5.41) is 3.66. The number of halogens is 1. The van der Waals surface area contributed by atoms with Crippen molar-refractivity contribution in [3.8, 4) is 0 Å². The van der Waals surface area contributed by atoms with E-state index in [2.05, 4.69) is 74.1 Å². The Labute approximate surface area is 114 Å². The summed E-state index contributed by atoms with van der Waals surface area (Å²) in [4.78, 5) is 0. The first-order chi connectivity index (χ1) is 7.86. The fourth-order valence-corrected chi connectivity index (χ4v) is 2.53. The zero-order valence-electron chi connectivity index (χ0n) is 11.6. The summed E-state index contributed by atoms with van der Waals surface area (Å²) < 4.78 is 1.20. The summed E-state index contributed by atoms with van der Waals surface area (Å²) in [7, 11) is 0. The van der Waals surface area contributed by atoms with Gasteiger partial charge in [-0.25, -0.2) is 0 Å². The first kappa shape index (κ1) is 14.7. The highest BCUT2D eigenvalue weighted by atomic mass is 79.9. The van der Waals surface area contributed by atoms with Crippen LogP contribution in [0.4, 0.5) is 0 Å². The average molecular weight is 298 g/mol. The molecule has 0 heterocycles. The number of hydrogen-bond acceptors (Lipinski definition) is 1. The zero-order chi connectivity index (χ0) is 13.1. The standard InChI is InChI=1S/C15H24BrN/c1-6-9-17-14(15(3,4)5)12-10-11(2)7-8-13(12)16/h7-8,10,14,17H,6,9H2,1-5H3. The lowest BCUT2D eigenvalue weighted by Crippen LogP contribution is -2.33. The van der Waals surface area contributed by atoms with Gasteiger partial charge in [0, 0.05) is 10.5 Å². The van der Waals surface area contributed by atoms with E-state index in [0.717, 1.165) is 13.0 Å². The predicted molar refractivity (Wildman–Crippen MR) is 79.4 cm³/mol. The van der Waals surface area contributed by atoms with Gasteiger partial charge in [-0.05, 0) is 36.9 Å². The first-order valence-corrected chi connectivity index (χ1v) is 7.15. The molecule has 1 atom stereocenters. The van der Waals surface area contributed by atoms with Crippen LogP contribution in [0.5, 0.6) is 0 Å². The molecular weight excluding hydrogens is 274 g/mol. The van der Waals surface area contributed by atoms with E-state index in [1.165, 1.54) is 15.6 Å². The van der Waals surface area contributed by atoms with Gasteiger partial charge in [0.05, 0.1) is 0 Å². The van der Waals surface area contributed by atoms with E-state index in [9.17, 15) is 0 Å². The highest BCUT2D eigenvalue weighted by Gasteiger charge is 2.27. The molecule has 0 aliphatic heterocycles. The molecule has 0 saturated carbocycles. The van der Waals surface area contributed by atoms with Gasteiger partial charge in [0.15, 0.2) is 0 Å². The maximum Gasteiger partial charge on any atom is 0.0380 e. The average Bonchev–Trinajstić information content (AvgIpc) is 2.21. The minimum atomic E-state index is 0.214. The molecule has 1 N–H and O–H groups in total. The smallest absolute Gasteiger partial charge is 0.0380 e. The Morgan fingerprint density at radius 2 is 1.94 bits per heavy atom. The molecule has 0 bridgehead atoms. The van der Waals surface area contributed by atoms with Gasteiger partial charge in [-0.3, -0.25) is 0 Å². The van der Waals surface area contributed by atoms with E-state index in [1.54, 1.807) is 0 Å². The van der Waals surface area contributed by atoms with Crippen LogP contribution >= 0.6 is 15.9 Å². The Kier molecular flexibility index (Phi) is 5.21. The lowest BCUT2D eigenvalue weighted by molar-refractivity contribution is 0.272. The van der Waals surface area contributed by atoms with Gasteiger partial charge in [-0.1, -0.05) is 61.3 Å². The second-order valence-corrected chi connectivity index (χ2v) is 6.63. The molecule has 1 aromatic rings. The Morgan fingerprint density at radius 1 is 1.29 bits per heavy atom. The van der Waals surface area contributed by atoms with Gasteiger partial charge in [0.2, 0.25) is 0 Å². The SMILES string of the molecule is CCCNC(c1cc(C)ccc1Br)C(C)(C)C. The molecule has 0 aliphatic rings. The van der Waals surface area contributed by atoms with Crippen LogP contribution in [0.1, 0.15) is 51.3 Å². The number of benzene rings is 1. The molecule has 1 rings (SSSR count). The zero-order valence-corrected chi connectivity index (χ0v) is 13.2. The third kappa shape index (κ3) is 4.11. The van der Waals surface area contributed by atoms with Crippen LogP contribution in [0.3, 0.4) is 0 Å². The largest absolute Gasteiger partial charge is 0.309 e. The topological polar surface area (TPSA) is 12.0 Å². The van der Waals surface area contributed by atoms with Gasteiger partial charge >= 0.3 is 0 Å². The third-order valence-electron chi connectivity index (χ3n) is 2.93. The molecular formula is C15H24BrN. The van der Waals surface area contributed by atoms with Crippen LogP contribution in [-0.2, 0) is 0 Å². The second-order valence-electron chi connectivity index (χ2n) is 5.78. The van der Waals surface area contributed by atoms with Crippen molar-refractivity contribution in [2.75, 3.05) is 6.54 Å². The molecule has 1 aromatic carbocycles. The fraction of sp³-hybridized carbons (Fsp3) is 0.600. The van der Waals surface area contributed by atoms with Gasteiger partial charge in [-0.2, -0.15) is 0 Å². The molecule has 0 saturated heterocycles. The van der Waals surface area contributed by atoms with Crippen LogP contribution in [0, 0.1) is 12.3 Å². The Hall–Kier alpha value is -0.340. The highest BCUT2D eigenvalue weighted by Crippen LogP contribution is 2.36. The van der Waals surface area contributed by atoms with Crippen molar-refractivity contribution >= 4 is 15.9 Å². The molecule has 0 fully saturated rings. The van der Waals surface area contributed by atoms with E-state index in [0.29, 0.717) is 6.04 Å². The number of nitrogens with one attached hydrogen (secondary N) is 1. The molecule has 0 radical (unpaired) electrons. The van der Waals surface area contributed by atoms with E-state index < -0.39 is 0 Å². The molecule has 17 heavy (non-hydrogen) atoms. The van der Waals surface area contributed by atoms with E-state index in [1.807, 2.05) is 0 Å². The van der Waals surface area contributed by atoms with Crippen molar-refractivity contribution in [1.82, 2.24) is 5.32 Å². The van der Waals surface area contributed by atoms with Crippen LogP contribution < -0.4 is 5.32 Å².